The van der Waals surface area contributed by atoms with Gasteiger partial charge in [0.25, 0.3) is 0 Å². The van der Waals surface area contributed by atoms with Gasteiger partial charge < -0.3 is 5.32 Å². The molecule has 0 fully saturated rings. The number of nitrogens with zero attached hydrogens (tertiary/aromatic N) is 1. The molecule has 0 amide bonds. The molecule has 3 aromatic carbocycles. The molecule has 152 valence electrons. The second-order valence-corrected chi connectivity index (χ2v) is 9.23. The average Bonchev–Trinajstić information content (AvgIpc) is 2.73. The molecule has 0 atom stereocenters. The number of hydrogen-bond acceptors (Lipinski definition) is 4. The fourth-order valence-electron chi connectivity index (χ4n) is 3.27. The summed E-state index contributed by atoms with van der Waals surface area (Å²) in [5, 5.41) is 3.65. The zero-order valence-corrected chi connectivity index (χ0v) is 17.5. The van der Waals surface area contributed by atoms with Crippen LogP contribution in [0.1, 0.15) is 16.7 Å². The van der Waals surface area contributed by atoms with Crippen LogP contribution >= 0.6 is 0 Å². The van der Waals surface area contributed by atoms with Gasteiger partial charge in [0, 0.05) is 18.1 Å². The van der Waals surface area contributed by atoms with Crippen molar-refractivity contribution in [3.05, 3.63) is 95.4 Å². The number of aromatic nitrogens is 1. The predicted octanol–water partition coefficient (Wildman–Crippen LogP) is 5.44. The monoisotopic (exact) mass is 420 g/mol. The van der Waals surface area contributed by atoms with Crippen LogP contribution in [0, 0.1) is 19.7 Å². The number of rotatable bonds is 5. The second-order valence-electron chi connectivity index (χ2n) is 7.31. The van der Waals surface area contributed by atoms with E-state index in [1.807, 2.05) is 38.1 Å². The number of nitrogens with one attached hydrogen (secondary N) is 1. The predicted molar refractivity (Wildman–Crippen MR) is 117 cm³/mol. The highest BCUT2D eigenvalue weighted by Crippen LogP contribution is 2.34. The van der Waals surface area contributed by atoms with Crippen molar-refractivity contribution in [2.75, 3.05) is 5.32 Å². The smallest absolute Gasteiger partial charge is 0.210 e. The summed E-state index contributed by atoms with van der Waals surface area (Å²) < 4.78 is 40.8. The summed E-state index contributed by atoms with van der Waals surface area (Å²) in [6.07, 6.45) is 1.34. The van der Waals surface area contributed by atoms with E-state index in [1.54, 1.807) is 30.3 Å². The van der Waals surface area contributed by atoms with E-state index in [1.165, 1.54) is 18.3 Å². The maximum absolute atomic E-state index is 14.0. The van der Waals surface area contributed by atoms with Crippen molar-refractivity contribution in [2.24, 2.45) is 0 Å². The third-order valence-corrected chi connectivity index (χ3v) is 6.79. The fraction of sp³-hybridized carbons (Fsp3) is 0.125. The Bertz CT molecular complexity index is 1320. The van der Waals surface area contributed by atoms with Gasteiger partial charge in [0.1, 0.15) is 10.7 Å². The lowest BCUT2D eigenvalue weighted by Crippen LogP contribution is -2.10. The summed E-state index contributed by atoms with van der Waals surface area (Å²) in [5.41, 5.74) is 3.95. The zero-order valence-electron chi connectivity index (χ0n) is 16.7. The van der Waals surface area contributed by atoms with E-state index in [0.29, 0.717) is 23.1 Å². The Hall–Kier alpha value is -3.25. The van der Waals surface area contributed by atoms with E-state index in [4.69, 9.17) is 0 Å². The number of sulfone groups is 1. The van der Waals surface area contributed by atoms with E-state index in [0.717, 1.165) is 16.7 Å². The van der Waals surface area contributed by atoms with Crippen LogP contribution in [0.4, 0.5) is 10.1 Å². The van der Waals surface area contributed by atoms with Crippen molar-refractivity contribution in [1.29, 1.82) is 0 Å². The first-order chi connectivity index (χ1) is 14.3. The topological polar surface area (TPSA) is 59.1 Å². The summed E-state index contributed by atoms with van der Waals surface area (Å²) in [4.78, 5) is 4.47. The highest BCUT2D eigenvalue weighted by molar-refractivity contribution is 7.91. The molecule has 0 unspecified atom stereocenters. The Morgan fingerprint density at radius 3 is 2.20 bits per heavy atom. The van der Waals surface area contributed by atoms with Crippen molar-refractivity contribution >= 4 is 26.4 Å². The van der Waals surface area contributed by atoms with Gasteiger partial charge in [-0.1, -0.05) is 47.5 Å². The van der Waals surface area contributed by atoms with Crippen LogP contribution in [0.5, 0.6) is 0 Å². The second kappa shape index (κ2) is 7.88. The molecule has 0 bridgehead atoms. The van der Waals surface area contributed by atoms with Gasteiger partial charge in [-0.2, -0.15) is 0 Å². The minimum atomic E-state index is -3.85. The van der Waals surface area contributed by atoms with Crippen LogP contribution in [-0.2, 0) is 16.4 Å². The Balaban J connectivity index is 1.85. The molecule has 30 heavy (non-hydrogen) atoms. The zero-order chi connectivity index (χ0) is 21.3. The first kappa shape index (κ1) is 20.0. The van der Waals surface area contributed by atoms with Gasteiger partial charge in [-0.15, -0.1) is 0 Å². The van der Waals surface area contributed by atoms with Gasteiger partial charge in [-0.3, -0.25) is 4.98 Å². The van der Waals surface area contributed by atoms with Gasteiger partial charge in [0.2, 0.25) is 9.84 Å². The van der Waals surface area contributed by atoms with Crippen LogP contribution in [0.15, 0.2) is 82.7 Å². The Morgan fingerprint density at radius 2 is 1.53 bits per heavy atom. The van der Waals surface area contributed by atoms with Crippen LogP contribution in [0.3, 0.4) is 0 Å². The highest BCUT2D eigenvalue weighted by atomic mass is 32.2. The van der Waals surface area contributed by atoms with E-state index in [9.17, 15) is 12.8 Å². The van der Waals surface area contributed by atoms with Crippen molar-refractivity contribution in [2.45, 2.75) is 30.2 Å². The third-order valence-electron chi connectivity index (χ3n) is 5.01. The van der Waals surface area contributed by atoms with Gasteiger partial charge in [-0.25, -0.2) is 12.8 Å². The van der Waals surface area contributed by atoms with Crippen LogP contribution < -0.4 is 5.32 Å². The van der Waals surface area contributed by atoms with Gasteiger partial charge in [0.15, 0.2) is 0 Å². The summed E-state index contributed by atoms with van der Waals surface area (Å²) in [6.45, 7) is 4.29. The number of fused-ring (bicyclic) bond motifs is 1. The number of hydrogen-bond donors (Lipinski definition) is 1. The lowest BCUT2D eigenvalue weighted by molar-refractivity contribution is 0.596. The quantitative estimate of drug-likeness (QED) is 0.467. The molecule has 0 saturated heterocycles. The summed E-state index contributed by atoms with van der Waals surface area (Å²) in [5.74, 6) is -0.451. The van der Waals surface area contributed by atoms with Gasteiger partial charge in [-0.05, 0) is 49.7 Å². The van der Waals surface area contributed by atoms with Gasteiger partial charge in [0.05, 0.1) is 16.1 Å². The molecule has 0 radical (unpaired) electrons. The molecular formula is C24H21FN2O2S. The Morgan fingerprint density at radius 1 is 0.900 bits per heavy atom. The van der Waals surface area contributed by atoms with E-state index < -0.39 is 15.7 Å². The van der Waals surface area contributed by atoms with Crippen molar-refractivity contribution < 1.29 is 12.8 Å². The van der Waals surface area contributed by atoms with E-state index in [2.05, 4.69) is 10.3 Å². The molecule has 4 rings (SSSR count). The van der Waals surface area contributed by atoms with Crippen LogP contribution in [0.25, 0.3) is 10.9 Å². The SMILES string of the molecule is Cc1ccc(CNc2c(S(=O)(=O)c3ccc(C)cc3)cnc3ccc(F)cc23)cc1. The molecule has 1 aromatic heterocycles. The largest absolute Gasteiger partial charge is 0.379 e. The van der Waals surface area contributed by atoms with E-state index >= 15 is 0 Å². The van der Waals surface area contributed by atoms with E-state index in [-0.39, 0.29) is 9.79 Å². The Kier molecular flexibility index (Phi) is 5.26. The maximum atomic E-state index is 14.0. The van der Waals surface area contributed by atoms with Crippen molar-refractivity contribution in [3.8, 4) is 0 Å². The molecule has 0 aliphatic carbocycles. The number of aryl methyl sites for hydroxylation is 2. The molecular weight excluding hydrogens is 399 g/mol. The summed E-state index contributed by atoms with van der Waals surface area (Å²) in [7, 11) is -3.85. The molecule has 4 aromatic rings. The third kappa shape index (κ3) is 3.91. The lowest BCUT2D eigenvalue weighted by atomic mass is 10.1. The maximum Gasteiger partial charge on any atom is 0.210 e. The Labute approximate surface area is 175 Å². The molecule has 6 heteroatoms. The van der Waals surface area contributed by atoms with Crippen molar-refractivity contribution in [1.82, 2.24) is 4.98 Å². The minimum Gasteiger partial charge on any atom is -0.379 e. The molecule has 0 spiro atoms. The molecule has 1 heterocycles. The minimum absolute atomic E-state index is 0.0246. The van der Waals surface area contributed by atoms with Crippen LogP contribution in [0.2, 0.25) is 0 Å². The van der Waals surface area contributed by atoms with Gasteiger partial charge >= 0.3 is 0 Å². The summed E-state index contributed by atoms with van der Waals surface area (Å²) >= 11 is 0. The lowest BCUT2D eigenvalue weighted by Gasteiger charge is -2.16. The number of anilines is 1. The molecule has 0 aliphatic rings. The fourth-order valence-corrected chi connectivity index (χ4v) is 4.66. The average molecular weight is 421 g/mol. The molecule has 0 aliphatic heterocycles. The summed E-state index contributed by atoms with van der Waals surface area (Å²) in [6, 6.07) is 18.7. The molecule has 4 nitrogen and oxygen atoms in total. The highest BCUT2D eigenvalue weighted by Gasteiger charge is 2.24. The standard InChI is InChI=1S/C24H21FN2O2S/c1-16-3-7-18(8-4-16)14-27-24-21-13-19(25)9-12-22(21)26-15-23(24)30(28,29)20-10-5-17(2)6-11-20/h3-13,15H,14H2,1-2H3,(H,26,27). The number of benzene rings is 3. The first-order valence-electron chi connectivity index (χ1n) is 9.54. The molecule has 0 saturated carbocycles. The van der Waals surface area contributed by atoms with Crippen molar-refractivity contribution in [3.63, 3.8) is 0 Å². The first-order valence-corrected chi connectivity index (χ1v) is 11.0. The number of halogens is 1. The number of pyridine rings is 1. The molecule has 1 N–H and O–H groups in total. The normalized spacial score (nSPS) is 11.6. The van der Waals surface area contributed by atoms with Crippen LogP contribution in [-0.4, -0.2) is 13.4 Å².